The lowest BCUT2D eigenvalue weighted by atomic mass is 10.2. The summed E-state index contributed by atoms with van der Waals surface area (Å²) < 4.78 is 47.3. The Morgan fingerprint density at radius 1 is 1.14 bits per heavy atom. The van der Waals surface area contributed by atoms with E-state index in [0.29, 0.717) is 14.5 Å². The average molecular weight is 612 g/mol. The molecule has 0 spiro atoms. The number of fused-ring (bicyclic) bond motifs is 1. The predicted octanol–water partition coefficient (Wildman–Crippen LogP) is 3.55. The Hall–Kier alpha value is -3.43. The second-order valence-electron chi connectivity index (χ2n) is 7.49. The van der Waals surface area contributed by atoms with Gasteiger partial charge in [-0.15, -0.1) is 0 Å². The summed E-state index contributed by atoms with van der Waals surface area (Å²) in [6, 6.07) is 11.5. The number of hydrogen-bond donors (Lipinski definition) is 3. The summed E-state index contributed by atoms with van der Waals surface area (Å²) >= 11 is 1.94. The fourth-order valence-electron chi connectivity index (χ4n) is 3.51. The molecule has 0 atom stereocenters. The molecule has 0 aliphatic carbocycles. The van der Waals surface area contributed by atoms with Gasteiger partial charge in [-0.25, -0.2) is 22.3 Å². The van der Waals surface area contributed by atoms with Crippen LogP contribution in [0.15, 0.2) is 59.5 Å². The summed E-state index contributed by atoms with van der Waals surface area (Å²) in [4.78, 5) is 25.4. The normalized spacial score (nSPS) is 11.5. The number of nitrogens with zero attached hydrogens (tertiary/aromatic N) is 2. The Balaban J connectivity index is 1.90. The lowest BCUT2D eigenvalue weighted by molar-refractivity contribution is 0.0704. The number of carbonyl (C=O) groups is 1. The molecule has 0 bridgehead atoms. The van der Waals surface area contributed by atoms with Gasteiger partial charge in [0, 0.05) is 28.3 Å². The molecule has 3 N–H and O–H groups in total. The van der Waals surface area contributed by atoms with Gasteiger partial charge in [0.25, 0.3) is 11.5 Å². The van der Waals surface area contributed by atoms with Crippen LogP contribution in [-0.4, -0.2) is 34.3 Å². The summed E-state index contributed by atoms with van der Waals surface area (Å²) in [5.74, 6) is -1.88. The smallest absolute Gasteiger partial charge is 0.282 e. The van der Waals surface area contributed by atoms with Gasteiger partial charge < -0.3 is 10.1 Å². The fourth-order valence-corrected chi connectivity index (χ4v) is 4.76. The number of ether oxygens (including phenoxy) is 1. The average Bonchev–Trinajstić information content (AvgIpc) is 3.24. The van der Waals surface area contributed by atoms with Crippen LogP contribution in [0.5, 0.6) is 11.5 Å². The zero-order valence-electron chi connectivity index (χ0n) is 18.2. The van der Waals surface area contributed by atoms with Gasteiger partial charge in [0.15, 0.2) is 0 Å². The highest BCUT2D eigenvalue weighted by atomic mass is 127. The van der Waals surface area contributed by atoms with Crippen molar-refractivity contribution in [3.63, 3.8) is 0 Å². The molecule has 35 heavy (non-hydrogen) atoms. The van der Waals surface area contributed by atoms with Crippen LogP contribution >= 0.6 is 22.6 Å². The van der Waals surface area contributed by atoms with E-state index < -0.39 is 27.3 Å². The first-order valence-corrected chi connectivity index (χ1v) is 12.8. The van der Waals surface area contributed by atoms with E-state index >= 15 is 0 Å². The number of nitrogens with one attached hydrogen (secondary N) is 2. The third-order valence-corrected chi connectivity index (χ3v) is 6.85. The van der Waals surface area contributed by atoms with E-state index in [9.17, 15) is 27.6 Å². The summed E-state index contributed by atoms with van der Waals surface area (Å²) in [5, 5.41) is 12.5. The molecule has 182 valence electrons. The first kappa shape index (κ1) is 24.7. The van der Waals surface area contributed by atoms with Crippen molar-refractivity contribution >= 4 is 60.9 Å². The second-order valence-corrected chi connectivity index (χ2v) is 10.6. The molecule has 0 unspecified atom stereocenters. The van der Waals surface area contributed by atoms with Gasteiger partial charge in [0.1, 0.15) is 28.7 Å². The van der Waals surface area contributed by atoms with Crippen molar-refractivity contribution in [2.24, 2.45) is 7.05 Å². The molecule has 2 aromatic carbocycles. The molecule has 13 heteroatoms. The van der Waals surface area contributed by atoms with Crippen molar-refractivity contribution in [2.45, 2.75) is 0 Å². The molecule has 0 radical (unpaired) electrons. The highest BCUT2D eigenvalue weighted by molar-refractivity contribution is 14.1. The lowest BCUT2D eigenvalue weighted by Crippen LogP contribution is -2.27. The lowest BCUT2D eigenvalue weighted by Gasteiger charge is -2.19. The largest absolute Gasteiger partial charge is 0.455 e. The number of pyridine rings is 1. The van der Waals surface area contributed by atoms with Crippen LogP contribution in [0.25, 0.3) is 10.9 Å². The monoisotopic (exact) mass is 612 g/mol. The molecular formula is C22H18FIN4O6S. The van der Waals surface area contributed by atoms with Crippen molar-refractivity contribution in [1.29, 1.82) is 0 Å². The number of aromatic nitrogens is 2. The number of rotatable bonds is 6. The SMILES string of the molecule is Cn1c(Nc2ccc(I)cc2F)c(C(=O)NO)c(Oc2cccc3c2ccn3S(C)(=O)=O)cc1=O. The van der Waals surface area contributed by atoms with Crippen molar-refractivity contribution in [3.8, 4) is 11.5 Å². The van der Waals surface area contributed by atoms with E-state index in [0.717, 1.165) is 20.9 Å². The standard InChI is InChI=1S/C22H18FIN4O6S/c1-27-19(29)11-18(34-17-5-3-4-16-13(17)8-9-28(16)35(2,32)33)20(22(30)26-31)21(27)25-15-7-6-12(24)10-14(15)23/h3-11,25,31H,1-2H3,(H,26,30). The summed E-state index contributed by atoms with van der Waals surface area (Å²) in [6.07, 6.45) is 2.40. The minimum absolute atomic E-state index is 0.0168. The van der Waals surface area contributed by atoms with E-state index in [4.69, 9.17) is 4.74 Å². The predicted molar refractivity (Wildman–Crippen MR) is 136 cm³/mol. The van der Waals surface area contributed by atoms with Crippen molar-refractivity contribution < 1.29 is 27.5 Å². The van der Waals surface area contributed by atoms with E-state index in [-0.39, 0.29) is 28.6 Å². The van der Waals surface area contributed by atoms with Crippen LogP contribution in [-0.2, 0) is 17.1 Å². The zero-order chi connectivity index (χ0) is 25.5. The molecule has 0 aliphatic heterocycles. The zero-order valence-corrected chi connectivity index (χ0v) is 21.2. The van der Waals surface area contributed by atoms with Crippen LogP contribution in [0.4, 0.5) is 15.9 Å². The molecular weight excluding hydrogens is 594 g/mol. The maximum absolute atomic E-state index is 14.5. The Kier molecular flexibility index (Phi) is 6.57. The minimum atomic E-state index is -3.60. The van der Waals surface area contributed by atoms with Crippen molar-refractivity contribution in [1.82, 2.24) is 14.0 Å². The number of anilines is 2. The number of halogens is 2. The minimum Gasteiger partial charge on any atom is -0.455 e. The van der Waals surface area contributed by atoms with Gasteiger partial charge in [-0.1, -0.05) is 6.07 Å². The maximum atomic E-state index is 14.5. The Morgan fingerprint density at radius 3 is 2.54 bits per heavy atom. The molecule has 4 aromatic rings. The molecule has 2 aromatic heterocycles. The van der Waals surface area contributed by atoms with E-state index in [1.165, 1.54) is 43.0 Å². The van der Waals surface area contributed by atoms with Crippen LogP contribution in [0.3, 0.4) is 0 Å². The molecule has 4 rings (SSSR count). The highest BCUT2D eigenvalue weighted by Crippen LogP contribution is 2.35. The van der Waals surface area contributed by atoms with Crippen molar-refractivity contribution in [2.75, 3.05) is 11.6 Å². The molecule has 0 aliphatic rings. The quantitative estimate of drug-likeness (QED) is 0.173. The summed E-state index contributed by atoms with van der Waals surface area (Å²) in [6.45, 7) is 0. The van der Waals surface area contributed by atoms with Crippen molar-refractivity contribution in [3.05, 3.63) is 80.0 Å². The number of hydrogen-bond acceptors (Lipinski definition) is 7. The van der Waals surface area contributed by atoms with Crippen LogP contribution < -0.4 is 21.1 Å². The molecule has 0 saturated heterocycles. The number of hydroxylamine groups is 1. The number of benzene rings is 2. The Bertz CT molecular complexity index is 1650. The van der Waals surface area contributed by atoms with Gasteiger partial charge >= 0.3 is 0 Å². The molecule has 0 saturated carbocycles. The van der Waals surface area contributed by atoms with Gasteiger partial charge in [-0.05, 0) is 59.0 Å². The van der Waals surface area contributed by atoms with Gasteiger partial charge in [0.05, 0.1) is 17.5 Å². The van der Waals surface area contributed by atoms with E-state index in [2.05, 4.69) is 5.32 Å². The van der Waals surface area contributed by atoms with Gasteiger partial charge in [-0.2, -0.15) is 0 Å². The first-order valence-electron chi connectivity index (χ1n) is 9.90. The topological polar surface area (TPSA) is 132 Å². The molecule has 0 fully saturated rings. The van der Waals surface area contributed by atoms with Crippen LogP contribution in [0.1, 0.15) is 10.4 Å². The number of amides is 1. The fraction of sp³-hybridized carbons (Fsp3) is 0.0909. The molecule has 10 nitrogen and oxygen atoms in total. The number of carbonyl (C=O) groups excluding carboxylic acids is 1. The van der Waals surface area contributed by atoms with Gasteiger partial charge in [-0.3, -0.25) is 19.4 Å². The van der Waals surface area contributed by atoms with Gasteiger partial charge in [0.2, 0.25) is 10.0 Å². The Labute approximate surface area is 212 Å². The van der Waals surface area contributed by atoms with Crippen LogP contribution in [0, 0.1) is 9.39 Å². The molecule has 1 amide bonds. The van der Waals surface area contributed by atoms with E-state index in [1.807, 2.05) is 22.6 Å². The highest BCUT2D eigenvalue weighted by Gasteiger charge is 2.24. The van der Waals surface area contributed by atoms with E-state index in [1.54, 1.807) is 18.2 Å². The second kappa shape index (κ2) is 9.31. The Morgan fingerprint density at radius 2 is 1.89 bits per heavy atom. The van der Waals surface area contributed by atoms with Crippen LogP contribution in [0.2, 0.25) is 0 Å². The maximum Gasteiger partial charge on any atom is 0.282 e. The third kappa shape index (κ3) is 4.74. The summed E-state index contributed by atoms with van der Waals surface area (Å²) in [7, 11) is -2.24. The summed E-state index contributed by atoms with van der Waals surface area (Å²) in [5.41, 5.74) is 0.938. The third-order valence-electron chi connectivity index (χ3n) is 5.15. The first-order chi connectivity index (χ1) is 16.5. The molecule has 2 heterocycles.